The molecule has 172 valence electrons. The number of furan rings is 1. The van der Waals surface area contributed by atoms with E-state index in [2.05, 4.69) is 15.0 Å². The largest absolute Gasteiger partial charge is 0.492 e. The van der Waals surface area contributed by atoms with Gasteiger partial charge in [0, 0.05) is 11.6 Å². The Kier molecular flexibility index (Phi) is 6.09. The number of fused-ring (bicyclic) bond motifs is 1. The number of piperidine rings is 1. The van der Waals surface area contributed by atoms with E-state index in [9.17, 15) is 9.90 Å². The van der Waals surface area contributed by atoms with Crippen molar-refractivity contribution in [3.63, 3.8) is 0 Å². The van der Waals surface area contributed by atoms with Gasteiger partial charge in [0.05, 0.1) is 29.7 Å². The minimum Gasteiger partial charge on any atom is -0.492 e. The Morgan fingerprint density at radius 1 is 1.36 bits per heavy atom. The van der Waals surface area contributed by atoms with Crippen molar-refractivity contribution in [2.45, 2.75) is 25.8 Å². The monoisotopic (exact) mass is 486 g/mol. The molecule has 0 saturated carbocycles. The lowest BCUT2D eigenvalue weighted by atomic mass is 9.94. The van der Waals surface area contributed by atoms with Crippen LogP contribution in [0.4, 0.5) is 0 Å². The number of hydrogen-bond donors (Lipinski definition) is 1. The molecule has 0 radical (unpaired) electrons. The number of aromatic nitrogens is 3. The topological polar surface area (TPSA) is 93.1 Å². The summed E-state index contributed by atoms with van der Waals surface area (Å²) < 4.78 is 12.1. The number of esters is 1. The summed E-state index contributed by atoms with van der Waals surface area (Å²) in [6.07, 6.45) is 3.17. The van der Waals surface area contributed by atoms with Crippen molar-refractivity contribution in [1.29, 1.82) is 0 Å². The van der Waals surface area contributed by atoms with Gasteiger partial charge in [-0.15, -0.1) is 5.10 Å². The summed E-state index contributed by atoms with van der Waals surface area (Å²) in [5.41, 5.74) is 0.856. The Hall–Kier alpha value is -2.88. The molecule has 2 unspecified atom stereocenters. The number of halogens is 1. The number of benzene rings is 1. The Balaban J connectivity index is 1.56. The molecule has 1 N–H and O–H groups in total. The first-order chi connectivity index (χ1) is 16.1. The maximum atomic E-state index is 12.5. The third-order valence-electron chi connectivity index (χ3n) is 5.83. The lowest BCUT2D eigenvalue weighted by molar-refractivity contribution is -0.150. The first-order valence-corrected chi connectivity index (χ1v) is 12.0. The van der Waals surface area contributed by atoms with E-state index in [-0.39, 0.29) is 23.8 Å². The predicted octanol–water partition coefficient (Wildman–Crippen LogP) is 4.77. The van der Waals surface area contributed by atoms with Gasteiger partial charge in [-0.2, -0.15) is 9.50 Å². The minimum absolute atomic E-state index is 0.00323. The van der Waals surface area contributed by atoms with Gasteiger partial charge in [0.2, 0.25) is 16.7 Å². The zero-order valence-corrected chi connectivity index (χ0v) is 19.6. The highest BCUT2D eigenvalue weighted by Gasteiger charge is 2.36. The van der Waals surface area contributed by atoms with Crippen LogP contribution in [-0.4, -0.2) is 50.3 Å². The molecule has 8 nitrogen and oxygen atoms in total. The van der Waals surface area contributed by atoms with E-state index in [1.165, 1.54) is 15.9 Å². The van der Waals surface area contributed by atoms with E-state index in [1.54, 1.807) is 18.4 Å². The molecule has 2 atom stereocenters. The third kappa shape index (κ3) is 4.12. The second-order valence-electron chi connectivity index (χ2n) is 7.91. The fraction of sp³-hybridized carbons (Fsp3) is 0.348. The van der Waals surface area contributed by atoms with Crippen LogP contribution >= 0.6 is 22.9 Å². The molecule has 0 spiro atoms. The molecule has 1 aromatic carbocycles. The van der Waals surface area contributed by atoms with Gasteiger partial charge in [0.1, 0.15) is 0 Å². The zero-order chi connectivity index (χ0) is 22.9. The first-order valence-electron chi connectivity index (χ1n) is 10.8. The molecule has 0 amide bonds. The number of hydrogen-bond acceptors (Lipinski definition) is 8. The molecule has 10 heteroatoms. The second-order valence-corrected chi connectivity index (χ2v) is 9.32. The van der Waals surface area contributed by atoms with Crippen LogP contribution in [0.3, 0.4) is 0 Å². The zero-order valence-electron chi connectivity index (χ0n) is 18.0. The van der Waals surface area contributed by atoms with E-state index in [4.69, 9.17) is 20.8 Å². The number of aromatic hydroxyl groups is 1. The molecule has 1 fully saturated rings. The molecular formula is C23H23ClN4O4S. The van der Waals surface area contributed by atoms with E-state index in [0.717, 1.165) is 24.9 Å². The lowest BCUT2D eigenvalue weighted by Gasteiger charge is -2.37. The van der Waals surface area contributed by atoms with Crippen LogP contribution in [0.2, 0.25) is 5.02 Å². The normalized spacial score (nSPS) is 17.9. The molecule has 1 aliphatic rings. The fourth-order valence-electron chi connectivity index (χ4n) is 4.33. The summed E-state index contributed by atoms with van der Waals surface area (Å²) in [6, 6.07) is 10.8. The molecule has 1 saturated heterocycles. The third-order valence-corrected chi connectivity index (χ3v) is 7.24. The number of rotatable bonds is 6. The predicted molar refractivity (Wildman–Crippen MR) is 124 cm³/mol. The Morgan fingerprint density at radius 3 is 2.94 bits per heavy atom. The van der Waals surface area contributed by atoms with Crippen LogP contribution in [-0.2, 0) is 9.53 Å². The van der Waals surface area contributed by atoms with Gasteiger partial charge >= 0.3 is 5.97 Å². The summed E-state index contributed by atoms with van der Waals surface area (Å²) in [5, 5.41) is 16.2. The maximum Gasteiger partial charge on any atom is 0.310 e. The molecule has 4 heterocycles. The number of carbonyl (C=O) groups is 1. The van der Waals surface area contributed by atoms with Gasteiger partial charge in [-0.3, -0.25) is 9.69 Å². The van der Waals surface area contributed by atoms with Crippen LogP contribution < -0.4 is 0 Å². The van der Waals surface area contributed by atoms with Crippen LogP contribution in [0.1, 0.15) is 36.2 Å². The number of carbonyl (C=O) groups excluding carboxylic acids is 1. The highest BCUT2D eigenvalue weighted by atomic mass is 35.5. The van der Waals surface area contributed by atoms with E-state index in [0.29, 0.717) is 39.6 Å². The molecule has 0 aliphatic carbocycles. The first kappa shape index (κ1) is 21.9. The summed E-state index contributed by atoms with van der Waals surface area (Å²) in [6.45, 7) is 3.44. The van der Waals surface area contributed by atoms with Gasteiger partial charge in [-0.05, 0) is 50.1 Å². The lowest BCUT2D eigenvalue weighted by Crippen LogP contribution is -2.41. The number of thiazole rings is 1. The summed E-state index contributed by atoms with van der Waals surface area (Å²) in [4.78, 5) is 20.4. The fourth-order valence-corrected chi connectivity index (χ4v) is 5.68. The minimum atomic E-state index is -0.350. The van der Waals surface area contributed by atoms with E-state index >= 15 is 0 Å². The van der Waals surface area contributed by atoms with Crippen LogP contribution in [0.5, 0.6) is 5.88 Å². The summed E-state index contributed by atoms with van der Waals surface area (Å²) >= 11 is 7.96. The van der Waals surface area contributed by atoms with Crippen molar-refractivity contribution in [2.75, 3.05) is 19.7 Å². The van der Waals surface area contributed by atoms with Crippen LogP contribution in [0, 0.1) is 5.92 Å². The van der Waals surface area contributed by atoms with Gasteiger partial charge < -0.3 is 14.3 Å². The van der Waals surface area contributed by atoms with Crippen molar-refractivity contribution in [3.8, 4) is 17.5 Å². The van der Waals surface area contributed by atoms with Crippen LogP contribution in [0.25, 0.3) is 16.5 Å². The molecule has 3 aromatic heterocycles. The summed E-state index contributed by atoms with van der Waals surface area (Å²) in [5.74, 6) is 0.530. The standard InChI is InChI=1S/C23H23ClN4O4S/c1-2-31-22(30)14-7-5-11-27(13-14)18(15-8-3-4-9-16(15)24)19-21(29)28-23(33-19)25-20(26-28)17-10-6-12-32-17/h3-4,6,8-10,12,14,18,29H,2,5,7,11,13H2,1H3. The van der Waals surface area contributed by atoms with Crippen molar-refractivity contribution in [2.24, 2.45) is 5.92 Å². The Bertz CT molecular complexity index is 1270. The highest BCUT2D eigenvalue weighted by Crippen LogP contribution is 2.43. The molecular weight excluding hydrogens is 464 g/mol. The van der Waals surface area contributed by atoms with Gasteiger partial charge in [-0.25, -0.2) is 0 Å². The smallest absolute Gasteiger partial charge is 0.310 e. The molecule has 1 aliphatic heterocycles. The average molecular weight is 487 g/mol. The van der Waals surface area contributed by atoms with Crippen molar-refractivity contribution in [3.05, 3.63) is 58.1 Å². The molecule has 5 rings (SSSR count). The SMILES string of the molecule is CCOC(=O)C1CCCN(C(c2ccccc2Cl)c2sc3nc(-c4ccco4)nn3c2O)C1. The van der Waals surface area contributed by atoms with Gasteiger partial charge in [0.25, 0.3) is 0 Å². The number of likely N-dealkylation sites (tertiary alicyclic amines) is 1. The van der Waals surface area contributed by atoms with Crippen molar-refractivity contribution >= 4 is 33.9 Å². The molecule has 4 aromatic rings. The number of nitrogens with zero attached hydrogens (tertiary/aromatic N) is 4. The quantitative estimate of drug-likeness (QED) is 0.392. The van der Waals surface area contributed by atoms with Crippen molar-refractivity contribution in [1.82, 2.24) is 19.5 Å². The van der Waals surface area contributed by atoms with Crippen LogP contribution in [0.15, 0.2) is 47.1 Å². The van der Waals surface area contributed by atoms with Crippen molar-refractivity contribution < 1.29 is 19.1 Å². The molecule has 0 bridgehead atoms. The van der Waals surface area contributed by atoms with E-state index < -0.39 is 0 Å². The maximum absolute atomic E-state index is 12.5. The highest BCUT2D eigenvalue weighted by molar-refractivity contribution is 7.17. The number of ether oxygens (including phenoxy) is 1. The van der Waals surface area contributed by atoms with Gasteiger partial charge in [0.15, 0.2) is 5.76 Å². The molecule has 33 heavy (non-hydrogen) atoms. The van der Waals surface area contributed by atoms with Gasteiger partial charge in [-0.1, -0.05) is 41.1 Å². The second kappa shape index (κ2) is 9.17. The Morgan fingerprint density at radius 2 is 2.21 bits per heavy atom. The average Bonchev–Trinajstić information content (AvgIpc) is 3.55. The van der Waals surface area contributed by atoms with E-state index in [1.807, 2.05) is 31.2 Å². The Labute approximate surface area is 199 Å². The summed E-state index contributed by atoms with van der Waals surface area (Å²) in [7, 11) is 0.